The number of thiazole rings is 1. The maximum absolute atomic E-state index is 10.2. The van der Waals surface area contributed by atoms with E-state index in [0.717, 1.165) is 57.6 Å². The number of imidazole rings is 1. The predicted molar refractivity (Wildman–Crippen MR) is 119 cm³/mol. The van der Waals surface area contributed by atoms with Crippen molar-refractivity contribution in [2.24, 2.45) is 0 Å². The van der Waals surface area contributed by atoms with Gasteiger partial charge in [0.15, 0.2) is 5.13 Å². The number of benzene rings is 1. The summed E-state index contributed by atoms with van der Waals surface area (Å²) in [5.74, 6) is 0. The fraction of sp³-hybridized carbons (Fsp3) is 0.409. The monoisotopic (exact) mass is 423 g/mol. The summed E-state index contributed by atoms with van der Waals surface area (Å²) in [6.45, 7) is 2.39. The third-order valence-corrected chi connectivity index (χ3v) is 6.75. The van der Waals surface area contributed by atoms with Gasteiger partial charge in [-0.15, -0.1) is 0 Å². The number of aliphatic hydroxyl groups is 2. The largest absolute Gasteiger partial charge is 0.391 e. The van der Waals surface area contributed by atoms with Crippen LogP contribution in [-0.2, 0) is 6.54 Å². The van der Waals surface area contributed by atoms with Crippen LogP contribution in [0.4, 0.5) is 5.13 Å². The van der Waals surface area contributed by atoms with Crippen LogP contribution in [0.3, 0.4) is 0 Å². The maximum Gasteiger partial charge on any atom is 0.184 e. The van der Waals surface area contributed by atoms with E-state index in [1.165, 1.54) is 0 Å². The van der Waals surface area contributed by atoms with Gasteiger partial charge in [-0.2, -0.15) is 0 Å². The number of rotatable bonds is 5. The molecular formula is C22H25N5O2S. The molecule has 1 saturated carbocycles. The first-order chi connectivity index (χ1) is 14.6. The smallest absolute Gasteiger partial charge is 0.184 e. The summed E-state index contributed by atoms with van der Waals surface area (Å²) in [6.07, 6.45) is 6.78. The molecule has 0 bridgehead atoms. The average Bonchev–Trinajstić information content (AvgIpc) is 3.32. The lowest BCUT2D eigenvalue weighted by atomic mass is 9.93. The summed E-state index contributed by atoms with van der Waals surface area (Å²) in [5, 5.41) is 24.2. The molecular weight excluding hydrogens is 398 g/mol. The van der Waals surface area contributed by atoms with Crippen LogP contribution in [0, 0.1) is 0 Å². The second kappa shape index (κ2) is 7.94. The van der Waals surface area contributed by atoms with Gasteiger partial charge >= 0.3 is 0 Å². The Balaban J connectivity index is 1.37. The van der Waals surface area contributed by atoms with E-state index in [0.29, 0.717) is 12.2 Å². The van der Waals surface area contributed by atoms with E-state index in [-0.39, 0.29) is 12.1 Å². The zero-order chi connectivity index (χ0) is 20.7. The number of nitrogens with one attached hydrogen (secondary N) is 1. The minimum atomic E-state index is -0.606. The number of nitrogens with zero attached hydrogens (tertiary/aromatic N) is 4. The van der Waals surface area contributed by atoms with E-state index in [9.17, 15) is 10.2 Å². The molecule has 30 heavy (non-hydrogen) atoms. The van der Waals surface area contributed by atoms with Crippen molar-refractivity contribution in [3.8, 4) is 0 Å². The molecule has 0 amide bonds. The highest BCUT2D eigenvalue weighted by molar-refractivity contribution is 7.22. The minimum Gasteiger partial charge on any atom is -0.391 e. The lowest BCUT2D eigenvalue weighted by Crippen LogP contribution is -2.36. The van der Waals surface area contributed by atoms with E-state index in [1.54, 1.807) is 24.5 Å². The van der Waals surface area contributed by atoms with Crippen LogP contribution >= 0.6 is 11.3 Å². The zero-order valence-corrected chi connectivity index (χ0v) is 17.6. The number of hydrogen-bond donors (Lipinski definition) is 3. The van der Waals surface area contributed by atoms with Crippen molar-refractivity contribution in [2.75, 3.05) is 5.32 Å². The number of hydrogen-bond acceptors (Lipinski definition) is 7. The van der Waals surface area contributed by atoms with E-state index in [2.05, 4.69) is 32.0 Å². The summed E-state index contributed by atoms with van der Waals surface area (Å²) < 4.78 is 3.19. The quantitative estimate of drug-likeness (QED) is 0.451. The minimum absolute atomic E-state index is 0.0927. The SMILES string of the molecule is C[C@@H](O)c1cc2ncn(Cc3ccc4nc(N[C@@H]5CCCC[C@H]5O)sc4c3)c2cn1. The van der Waals surface area contributed by atoms with Gasteiger partial charge in [0.05, 0.1) is 57.7 Å². The van der Waals surface area contributed by atoms with Crippen molar-refractivity contribution in [1.82, 2.24) is 19.5 Å². The molecule has 1 fully saturated rings. The fourth-order valence-electron chi connectivity index (χ4n) is 4.09. The van der Waals surface area contributed by atoms with Gasteiger partial charge in [0.2, 0.25) is 0 Å². The number of anilines is 1. The van der Waals surface area contributed by atoms with E-state index in [4.69, 9.17) is 4.98 Å². The molecule has 0 radical (unpaired) electrons. The van der Waals surface area contributed by atoms with Gasteiger partial charge in [-0.1, -0.05) is 30.2 Å². The Kier molecular flexibility index (Phi) is 5.14. The predicted octanol–water partition coefficient (Wildman–Crippen LogP) is 3.86. The number of aromatic nitrogens is 4. The van der Waals surface area contributed by atoms with Gasteiger partial charge in [0.25, 0.3) is 0 Å². The van der Waals surface area contributed by atoms with Gasteiger partial charge in [0.1, 0.15) is 0 Å². The highest BCUT2D eigenvalue weighted by Gasteiger charge is 2.23. The highest BCUT2D eigenvalue weighted by Crippen LogP contribution is 2.30. The molecule has 1 aromatic carbocycles. The van der Waals surface area contributed by atoms with Gasteiger partial charge in [-0.05, 0) is 43.5 Å². The molecule has 156 valence electrons. The molecule has 0 saturated heterocycles. The van der Waals surface area contributed by atoms with Gasteiger partial charge in [-0.25, -0.2) is 9.97 Å². The molecule has 3 aromatic heterocycles. The van der Waals surface area contributed by atoms with E-state index < -0.39 is 6.10 Å². The van der Waals surface area contributed by atoms with Gasteiger partial charge in [0, 0.05) is 6.54 Å². The first kappa shape index (κ1) is 19.4. The molecule has 8 heteroatoms. The molecule has 5 rings (SSSR count). The molecule has 3 heterocycles. The Hall–Kier alpha value is -2.55. The van der Waals surface area contributed by atoms with Gasteiger partial charge in [-0.3, -0.25) is 4.98 Å². The molecule has 0 spiro atoms. The van der Waals surface area contributed by atoms with Crippen LogP contribution in [-0.4, -0.2) is 41.9 Å². The van der Waals surface area contributed by atoms with Gasteiger partial charge < -0.3 is 20.1 Å². The zero-order valence-electron chi connectivity index (χ0n) is 16.8. The summed E-state index contributed by atoms with van der Waals surface area (Å²) in [5.41, 5.74) is 4.53. The Morgan fingerprint density at radius 1 is 1.20 bits per heavy atom. The van der Waals surface area contributed by atoms with E-state index >= 15 is 0 Å². The Morgan fingerprint density at radius 2 is 2.07 bits per heavy atom. The summed E-state index contributed by atoms with van der Waals surface area (Å²) >= 11 is 1.63. The van der Waals surface area contributed by atoms with Crippen molar-refractivity contribution in [3.05, 3.63) is 48.0 Å². The topological polar surface area (TPSA) is 96.1 Å². The lowest BCUT2D eigenvalue weighted by Gasteiger charge is -2.27. The molecule has 1 aliphatic carbocycles. The number of fused-ring (bicyclic) bond motifs is 2. The maximum atomic E-state index is 10.2. The molecule has 3 N–H and O–H groups in total. The van der Waals surface area contributed by atoms with Crippen molar-refractivity contribution in [3.63, 3.8) is 0 Å². The molecule has 4 aromatic rings. The molecule has 0 aliphatic heterocycles. The molecule has 3 atom stereocenters. The number of aliphatic hydroxyl groups excluding tert-OH is 2. The van der Waals surface area contributed by atoms with Crippen molar-refractivity contribution >= 4 is 37.7 Å². The average molecular weight is 424 g/mol. The van der Waals surface area contributed by atoms with Crippen molar-refractivity contribution in [1.29, 1.82) is 0 Å². The van der Waals surface area contributed by atoms with Crippen LogP contribution in [0.25, 0.3) is 21.3 Å². The molecule has 1 aliphatic rings. The number of pyridine rings is 1. The fourth-order valence-corrected chi connectivity index (χ4v) is 5.08. The third kappa shape index (κ3) is 3.78. The van der Waals surface area contributed by atoms with Crippen molar-refractivity contribution in [2.45, 2.75) is 57.4 Å². The summed E-state index contributed by atoms with van der Waals surface area (Å²) in [4.78, 5) is 13.5. The first-order valence-electron chi connectivity index (χ1n) is 10.4. The molecule has 7 nitrogen and oxygen atoms in total. The van der Waals surface area contributed by atoms with Crippen LogP contribution in [0.5, 0.6) is 0 Å². The second-order valence-electron chi connectivity index (χ2n) is 8.07. The lowest BCUT2D eigenvalue weighted by molar-refractivity contribution is 0.116. The van der Waals surface area contributed by atoms with Crippen LogP contribution in [0.2, 0.25) is 0 Å². The normalized spacial score (nSPS) is 20.6. The molecule has 0 unspecified atom stereocenters. The Morgan fingerprint density at radius 3 is 2.90 bits per heavy atom. The van der Waals surface area contributed by atoms with Crippen molar-refractivity contribution < 1.29 is 10.2 Å². The Bertz CT molecular complexity index is 1180. The van der Waals surface area contributed by atoms with Crippen LogP contribution in [0.15, 0.2) is 36.8 Å². The second-order valence-corrected chi connectivity index (χ2v) is 9.10. The summed E-state index contributed by atoms with van der Waals surface area (Å²) in [7, 11) is 0. The van der Waals surface area contributed by atoms with Crippen LogP contribution < -0.4 is 5.32 Å². The van der Waals surface area contributed by atoms with Crippen LogP contribution in [0.1, 0.15) is 50.0 Å². The van der Waals surface area contributed by atoms with E-state index in [1.807, 2.05) is 18.5 Å². The first-order valence-corrected chi connectivity index (χ1v) is 11.2. The Labute approximate surface area is 178 Å². The third-order valence-electron chi connectivity index (χ3n) is 5.80. The highest BCUT2D eigenvalue weighted by atomic mass is 32.1. The standard InChI is InChI=1S/C22H25N5O2S/c1-13(28)17-9-18-19(10-23-17)27(12-24-18)11-14-6-7-16-21(8-14)30-22(26-16)25-15-4-2-3-5-20(15)29/h6-10,12-13,15,20,28-29H,2-5,11H2,1H3,(H,25,26)/t13-,15-,20-/m1/s1. The summed E-state index contributed by atoms with van der Waals surface area (Å²) in [6, 6.07) is 8.23.